The first-order chi connectivity index (χ1) is 9.97. The summed E-state index contributed by atoms with van der Waals surface area (Å²) in [6, 6.07) is 7.63. The van der Waals surface area contributed by atoms with Gasteiger partial charge in [0, 0.05) is 22.8 Å². The Kier molecular flexibility index (Phi) is 3.49. The van der Waals surface area contributed by atoms with Gasteiger partial charge in [-0.1, -0.05) is 0 Å². The van der Waals surface area contributed by atoms with Crippen LogP contribution >= 0.6 is 0 Å². The van der Waals surface area contributed by atoms with Crippen LogP contribution in [0.1, 0.15) is 12.1 Å². The van der Waals surface area contributed by atoms with Gasteiger partial charge in [0.15, 0.2) is 9.84 Å². The average Bonchev–Trinajstić information content (AvgIpc) is 2.77. The molecule has 3 rings (SSSR count). The lowest BCUT2D eigenvalue weighted by Crippen LogP contribution is -2.20. The van der Waals surface area contributed by atoms with E-state index >= 15 is 0 Å². The van der Waals surface area contributed by atoms with Crippen molar-refractivity contribution >= 4 is 26.4 Å². The number of rotatable bonds is 3. The molecule has 0 unspecified atom stereocenters. The van der Waals surface area contributed by atoms with E-state index in [0.717, 1.165) is 28.0 Å². The van der Waals surface area contributed by atoms with Gasteiger partial charge in [0.05, 0.1) is 24.1 Å². The van der Waals surface area contributed by atoms with E-state index in [-0.39, 0.29) is 17.5 Å². The molecule has 0 spiro atoms. The molecule has 1 saturated heterocycles. The van der Waals surface area contributed by atoms with Crippen LogP contribution in [0, 0.1) is 6.92 Å². The van der Waals surface area contributed by atoms with Gasteiger partial charge in [0.2, 0.25) is 0 Å². The van der Waals surface area contributed by atoms with Crippen LogP contribution in [-0.2, 0) is 9.84 Å². The fourth-order valence-corrected chi connectivity index (χ4v) is 4.39. The van der Waals surface area contributed by atoms with Crippen LogP contribution in [0.25, 0.3) is 10.9 Å². The number of hydrogen-bond acceptors (Lipinski definition) is 5. The Morgan fingerprint density at radius 1 is 1.33 bits per heavy atom. The lowest BCUT2D eigenvalue weighted by molar-refractivity contribution is 0.415. The summed E-state index contributed by atoms with van der Waals surface area (Å²) in [5.41, 5.74) is 2.69. The van der Waals surface area contributed by atoms with E-state index in [1.807, 2.05) is 31.2 Å². The fourth-order valence-electron chi connectivity index (χ4n) is 2.71. The van der Waals surface area contributed by atoms with Gasteiger partial charge in [-0.25, -0.2) is 8.42 Å². The second kappa shape index (κ2) is 5.18. The minimum atomic E-state index is -2.89. The number of pyridine rings is 1. The number of nitrogens with zero attached hydrogens (tertiary/aromatic N) is 1. The largest absolute Gasteiger partial charge is 0.497 e. The Labute approximate surface area is 124 Å². The number of sulfone groups is 1. The van der Waals surface area contributed by atoms with Gasteiger partial charge in [-0.3, -0.25) is 4.98 Å². The Bertz CT molecular complexity index is 787. The van der Waals surface area contributed by atoms with Gasteiger partial charge in [0.25, 0.3) is 0 Å². The highest BCUT2D eigenvalue weighted by Crippen LogP contribution is 2.29. The monoisotopic (exact) mass is 306 g/mol. The van der Waals surface area contributed by atoms with Crippen molar-refractivity contribution < 1.29 is 13.2 Å². The smallest absolute Gasteiger partial charge is 0.152 e. The molecule has 0 radical (unpaired) electrons. The summed E-state index contributed by atoms with van der Waals surface area (Å²) < 4.78 is 28.4. The van der Waals surface area contributed by atoms with E-state index in [4.69, 9.17) is 4.74 Å². The summed E-state index contributed by atoms with van der Waals surface area (Å²) in [6.45, 7) is 1.93. The predicted molar refractivity (Wildman–Crippen MR) is 83.7 cm³/mol. The van der Waals surface area contributed by atoms with E-state index in [2.05, 4.69) is 10.3 Å². The van der Waals surface area contributed by atoms with E-state index in [9.17, 15) is 8.42 Å². The highest BCUT2D eigenvalue weighted by atomic mass is 32.2. The van der Waals surface area contributed by atoms with Crippen molar-refractivity contribution in [3.05, 3.63) is 30.0 Å². The number of aromatic nitrogens is 1. The van der Waals surface area contributed by atoms with Crippen LogP contribution in [0.2, 0.25) is 0 Å². The first kappa shape index (κ1) is 14.1. The molecule has 2 aromatic rings. The maximum absolute atomic E-state index is 11.6. The van der Waals surface area contributed by atoms with Crippen LogP contribution in [0.3, 0.4) is 0 Å². The van der Waals surface area contributed by atoms with Crippen molar-refractivity contribution in [1.82, 2.24) is 4.98 Å². The zero-order valence-corrected chi connectivity index (χ0v) is 12.9. The third kappa shape index (κ3) is 2.95. The number of methoxy groups -OCH3 is 1. The molecule has 0 saturated carbocycles. The maximum Gasteiger partial charge on any atom is 0.152 e. The van der Waals surface area contributed by atoms with Gasteiger partial charge < -0.3 is 10.1 Å². The SMILES string of the molecule is COc1ccc2nc(C)cc(N[C@H]3CCS(=O)(=O)C3)c2c1. The molecule has 1 aromatic heterocycles. The first-order valence-electron chi connectivity index (χ1n) is 6.89. The van der Waals surface area contributed by atoms with Gasteiger partial charge in [-0.15, -0.1) is 0 Å². The van der Waals surface area contributed by atoms with Gasteiger partial charge >= 0.3 is 0 Å². The molecule has 2 heterocycles. The molecule has 21 heavy (non-hydrogen) atoms. The molecule has 1 aliphatic heterocycles. The molecule has 5 nitrogen and oxygen atoms in total. The number of fused-ring (bicyclic) bond motifs is 1. The van der Waals surface area contributed by atoms with Crippen molar-refractivity contribution in [2.75, 3.05) is 23.9 Å². The Morgan fingerprint density at radius 3 is 2.81 bits per heavy atom. The van der Waals surface area contributed by atoms with Crippen LogP contribution < -0.4 is 10.1 Å². The lowest BCUT2D eigenvalue weighted by atomic mass is 10.1. The maximum atomic E-state index is 11.6. The highest BCUT2D eigenvalue weighted by molar-refractivity contribution is 7.91. The lowest BCUT2D eigenvalue weighted by Gasteiger charge is -2.16. The molecule has 112 valence electrons. The van der Waals surface area contributed by atoms with Crippen LogP contribution in [0.15, 0.2) is 24.3 Å². The molecular formula is C15H18N2O3S. The number of benzene rings is 1. The van der Waals surface area contributed by atoms with Gasteiger partial charge in [-0.2, -0.15) is 0 Å². The first-order valence-corrected chi connectivity index (χ1v) is 8.71. The summed E-state index contributed by atoms with van der Waals surface area (Å²) in [7, 11) is -1.27. The zero-order valence-electron chi connectivity index (χ0n) is 12.1. The zero-order chi connectivity index (χ0) is 15.0. The van der Waals surface area contributed by atoms with Crippen LogP contribution in [-0.4, -0.2) is 38.1 Å². The minimum Gasteiger partial charge on any atom is -0.497 e. The number of ether oxygens (including phenoxy) is 1. The van der Waals surface area contributed by atoms with Crippen LogP contribution in [0.4, 0.5) is 5.69 Å². The fraction of sp³-hybridized carbons (Fsp3) is 0.400. The molecule has 1 aliphatic rings. The van der Waals surface area contributed by atoms with E-state index in [1.54, 1.807) is 7.11 Å². The standard InChI is InChI=1S/C15H18N2O3S/c1-10-7-15(17-11-5-6-21(18,19)9-11)13-8-12(20-2)3-4-14(13)16-10/h3-4,7-8,11H,5-6,9H2,1-2H3,(H,16,17)/t11-/m0/s1. The molecule has 6 heteroatoms. The third-order valence-corrected chi connectivity index (χ3v) is 5.50. The molecule has 0 aliphatic carbocycles. The third-order valence-electron chi connectivity index (χ3n) is 3.74. The molecule has 1 N–H and O–H groups in total. The number of aryl methyl sites for hydroxylation is 1. The summed E-state index contributed by atoms with van der Waals surface area (Å²) >= 11 is 0. The molecule has 0 amide bonds. The number of nitrogens with one attached hydrogen (secondary N) is 1. The van der Waals surface area contributed by atoms with E-state index in [0.29, 0.717) is 6.42 Å². The van der Waals surface area contributed by atoms with Gasteiger partial charge in [-0.05, 0) is 37.6 Å². The summed E-state index contributed by atoms with van der Waals surface area (Å²) in [5, 5.41) is 4.31. The summed E-state index contributed by atoms with van der Waals surface area (Å²) in [6.07, 6.45) is 0.648. The predicted octanol–water partition coefficient (Wildman–Crippen LogP) is 2.15. The van der Waals surface area contributed by atoms with E-state index in [1.165, 1.54) is 0 Å². The van der Waals surface area contributed by atoms with E-state index < -0.39 is 9.84 Å². The van der Waals surface area contributed by atoms with Crippen LogP contribution in [0.5, 0.6) is 5.75 Å². The molecular weight excluding hydrogens is 288 g/mol. The topological polar surface area (TPSA) is 68.3 Å². The Hall–Kier alpha value is -1.82. The Morgan fingerprint density at radius 2 is 2.14 bits per heavy atom. The van der Waals surface area contributed by atoms with Gasteiger partial charge in [0.1, 0.15) is 5.75 Å². The van der Waals surface area contributed by atoms with Crippen molar-refractivity contribution in [3.8, 4) is 5.75 Å². The normalized spacial score (nSPS) is 20.6. The number of anilines is 1. The highest BCUT2D eigenvalue weighted by Gasteiger charge is 2.28. The van der Waals surface area contributed by atoms with Crippen molar-refractivity contribution in [2.45, 2.75) is 19.4 Å². The summed E-state index contributed by atoms with van der Waals surface area (Å²) in [5.74, 6) is 1.21. The second-order valence-electron chi connectivity index (χ2n) is 5.44. The van der Waals surface area contributed by atoms with Crippen molar-refractivity contribution in [3.63, 3.8) is 0 Å². The molecule has 0 bridgehead atoms. The number of hydrogen-bond donors (Lipinski definition) is 1. The second-order valence-corrected chi connectivity index (χ2v) is 7.67. The van der Waals surface area contributed by atoms with Crippen molar-refractivity contribution in [1.29, 1.82) is 0 Å². The minimum absolute atomic E-state index is 0.0359. The summed E-state index contributed by atoms with van der Waals surface area (Å²) in [4.78, 5) is 4.50. The Balaban J connectivity index is 2.00. The quantitative estimate of drug-likeness (QED) is 0.941. The average molecular weight is 306 g/mol. The van der Waals surface area contributed by atoms with Crippen molar-refractivity contribution in [2.24, 2.45) is 0 Å². The molecule has 1 fully saturated rings. The molecule has 1 atom stereocenters. The molecule has 1 aromatic carbocycles.